The number of halogens is 1. The van der Waals surface area contributed by atoms with E-state index >= 15 is 0 Å². The summed E-state index contributed by atoms with van der Waals surface area (Å²) in [4.78, 5) is 0. The van der Waals surface area contributed by atoms with Crippen molar-refractivity contribution in [2.75, 3.05) is 13.2 Å². The summed E-state index contributed by atoms with van der Waals surface area (Å²) in [7, 11) is 0. The highest BCUT2D eigenvalue weighted by Crippen LogP contribution is 2.36. The first kappa shape index (κ1) is 13.5. The minimum atomic E-state index is 0.406. The summed E-state index contributed by atoms with van der Waals surface area (Å²) in [6.45, 7) is 6.32. The Morgan fingerprint density at radius 3 is 2.94 bits per heavy atom. The second kappa shape index (κ2) is 6.32. The van der Waals surface area contributed by atoms with Gasteiger partial charge in [-0.1, -0.05) is 6.92 Å². The van der Waals surface area contributed by atoms with Gasteiger partial charge in [0.05, 0.1) is 12.7 Å². The van der Waals surface area contributed by atoms with Crippen LogP contribution in [0.2, 0.25) is 0 Å². The first-order valence-corrected chi connectivity index (χ1v) is 8.02. The normalized spacial score (nSPS) is 26.3. The molecule has 0 aromatic carbocycles. The van der Waals surface area contributed by atoms with Crippen molar-refractivity contribution < 1.29 is 4.74 Å². The second-order valence-corrected chi connectivity index (χ2v) is 6.34. The van der Waals surface area contributed by atoms with E-state index in [0.717, 1.165) is 19.6 Å². The molecular weight excluding hydrogens is 298 g/mol. The molecule has 96 valence electrons. The highest BCUT2D eigenvalue weighted by Gasteiger charge is 2.31. The van der Waals surface area contributed by atoms with Crippen LogP contribution in [0.15, 0.2) is 15.2 Å². The van der Waals surface area contributed by atoms with Crippen LogP contribution < -0.4 is 5.32 Å². The maximum Gasteiger partial charge on any atom is 0.0551 e. The van der Waals surface area contributed by atoms with Gasteiger partial charge in [0.25, 0.3) is 0 Å². The molecule has 3 unspecified atom stereocenters. The van der Waals surface area contributed by atoms with E-state index in [-0.39, 0.29) is 0 Å². The zero-order chi connectivity index (χ0) is 12.3. The summed E-state index contributed by atoms with van der Waals surface area (Å²) in [6, 6.07) is 0.431. The first-order chi connectivity index (χ1) is 8.22. The molecule has 1 N–H and O–H groups in total. The zero-order valence-electron chi connectivity index (χ0n) is 10.4. The van der Waals surface area contributed by atoms with Crippen LogP contribution in [-0.2, 0) is 4.74 Å². The van der Waals surface area contributed by atoms with Gasteiger partial charge in [-0.2, -0.15) is 11.3 Å². The highest BCUT2D eigenvalue weighted by molar-refractivity contribution is 9.10. The number of ether oxygens (including phenoxy) is 1. The van der Waals surface area contributed by atoms with Crippen molar-refractivity contribution >= 4 is 27.3 Å². The summed E-state index contributed by atoms with van der Waals surface area (Å²) in [6.07, 6.45) is 2.73. The van der Waals surface area contributed by atoms with Gasteiger partial charge in [0.1, 0.15) is 0 Å². The van der Waals surface area contributed by atoms with Crippen molar-refractivity contribution in [1.82, 2.24) is 5.32 Å². The van der Waals surface area contributed by atoms with Gasteiger partial charge in [0.15, 0.2) is 0 Å². The van der Waals surface area contributed by atoms with Crippen LogP contribution in [0.3, 0.4) is 0 Å². The molecule has 1 saturated heterocycles. The van der Waals surface area contributed by atoms with Crippen LogP contribution in [0.1, 0.15) is 38.3 Å². The van der Waals surface area contributed by atoms with Crippen LogP contribution in [0.5, 0.6) is 0 Å². The third-order valence-corrected chi connectivity index (χ3v) is 5.04. The molecular formula is C13H20BrNOS. The smallest absolute Gasteiger partial charge is 0.0551 e. The van der Waals surface area contributed by atoms with E-state index in [1.165, 1.54) is 16.5 Å². The Hall–Kier alpha value is 0.1000. The number of hydrogen-bond acceptors (Lipinski definition) is 3. The van der Waals surface area contributed by atoms with Crippen LogP contribution in [0.25, 0.3) is 0 Å². The lowest BCUT2D eigenvalue weighted by Crippen LogP contribution is -2.29. The van der Waals surface area contributed by atoms with Crippen molar-refractivity contribution in [3.05, 3.63) is 20.8 Å². The fourth-order valence-electron chi connectivity index (χ4n) is 2.43. The lowest BCUT2D eigenvalue weighted by molar-refractivity contribution is 0.117. The Morgan fingerprint density at radius 2 is 2.41 bits per heavy atom. The van der Waals surface area contributed by atoms with Gasteiger partial charge < -0.3 is 10.1 Å². The fourth-order valence-corrected chi connectivity index (χ4v) is 4.01. The maximum atomic E-state index is 5.71. The van der Waals surface area contributed by atoms with E-state index in [9.17, 15) is 0 Å². The lowest BCUT2D eigenvalue weighted by atomic mass is 9.92. The lowest BCUT2D eigenvalue weighted by Gasteiger charge is -2.23. The Morgan fingerprint density at radius 1 is 1.59 bits per heavy atom. The standard InChI is InChI=1S/C13H20BrNOS/c1-3-4-15-13(10-5-9(2)16-6-10)11-7-17-8-12(11)14/h7-10,13,15H,3-6H2,1-2H3. The molecule has 2 heterocycles. The predicted molar refractivity (Wildman–Crippen MR) is 76.6 cm³/mol. The zero-order valence-corrected chi connectivity index (χ0v) is 12.8. The average Bonchev–Trinajstić information content (AvgIpc) is 2.90. The van der Waals surface area contributed by atoms with Crippen molar-refractivity contribution in [3.63, 3.8) is 0 Å². The molecule has 0 aliphatic carbocycles. The van der Waals surface area contributed by atoms with Gasteiger partial charge in [-0.3, -0.25) is 0 Å². The molecule has 0 bridgehead atoms. The number of hydrogen-bond donors (Lipinski definition) is 1. The average molecular weight is 318 g/mol. The SMILES string of the molecule is CCCNC(c1cscc1Br)C1COC(C)C1. The Labute approximate surface area is 116 Å². The maximum absolute atomic E-state index is 5.71. The van der Waals surface area contributed by atoms with Crippen molar-refractivity contribution in [1.29, 1.82) is 0 Å². The van der Waals surface area contributed by atoms with E-state index in [0.29, 0.717) is 18.1 Å². The second-order valence-electron chi connectivity index (χ2n) is 4.75. The van der Waals surface area contributed by atoms with E-state index in [2.05, 4.69) is 45.9 Å². The van der Waals surface area contributed by atoms with Crippen LogP contribution in [-0.4, -0.2) is 19.3 Å². The molecule has 1 aromatic heterocycles. The minimum Gasteiger partial charge on any atom is -0.378 e. The van der Waals surface area contributed by atoms with Crippen LogP contribution >= 0.6 is 27.3 Å². The van der Waals surface area contributed by atoms with Crippen molar-refractivity contribution in [2.24, 2.45) is 5.92 Å². The molecule has 0 spiro atoms. The molecule has 1 aromatic rings. The third-order valence-electron chi connectivity index (χ3n) is 3.29. The highest BCUT2D eigenvalue weighted by atomic mass is 79.9. The number of thiophene rings is 1. The van der Waals surface area contributed by atoms with Gasteiger partial charge in [-0.25, -0.2) is 0 Å². The topological polar surface area (TPSA) is 21.3 Å². The monoisotopic (exact) mass is 317 g/mol. The largest absolute Gasteiger partial charge is 0.378 e. The van der Waals surface area contributed by atoms with Gasteiger partial charge in [-0.05, 0) is 53.2 Å². The Bertz CT molecular complexity index is 355. The summed E-state index contributed by atoms with van der Waals surface area (Å²) in [5, 5.41) is 8.08. The van der Waals surface area contributed by atoms with E-state index in [4.69, 9.17) is 4.74 Å². The predicted octanol–water partition coefficient (Wildman–Crippen LogP) is 3.98. The quantitative estimate of drug-likeness (QED) is 0.887. The summed E-state index contributed by atoms with van der Waals surface area (Å²) >= 11 is 5.41. The number of rotatable bonds is 5. The van der Waals surface area contributed by atoms with Gasteiger partial charge in [-0.15, -0.1) is 0 Å². The van der Waals surface area contributed by atoms with E-state index < -0.39 is 0 Å². The van der Waals surface area contributed by atoms with E-state index in [1.54, 1.807) is 11.3 Å². The molecule has 3 atom stereocenters. The molecule has 4 heteroatoms. The Kier molecular flexibility index (Phi) is 5.03. The fraction of sp³-hybridized carbons (Fsp3) is 0.692. The van der Waals surface area contributed by atoms with Gasteiger partial charge >= 0.3 is 0 Å². The summed E-state index contributed by atoms with van der Waals surface area (Å²) in [5.41, 5.74) is 1.39. The number of nitrogens with one attached hydrogen (secondary N) is 1. The molecule has 2 nitrogen and oxygen atoms in total. The van der Waals surface area contributed by atoms with E-state index in [1.807, 2.05) is 0 Å². The molecule has 0 radical (unpaired) electrons. The molecule has 2 rings (SSSR count). The van der Waals surface area contributed by atoms with Crippen molar-refractivity contribution in [3.8, 4) is 0 Å². The molecule has 0 saturated carbocycles. The van der Waals surface area contributed by atoms with Crippen LogP contribution in [0, 0.1) is 5.92 Å². The first-order valence-electron chi connectivity index (χ1n) is 6.29. The molecule has 17 heavy (non-hydrogen) atoms. The molecule has 0 amide bonds. The summed E-state index contributed by atoms with van der Waals surface area (Å²) in [5.74, 6) is 0.599. The Balaban J connectivity index is 2.10. The van der Waals surface area contributed by atoms with Gasteiger partial charge in [0, 0.05) is 21.8 Å². The molecule has 1 aliphatic rings. The summed E-state index contributed by atoms with van der Waals surface area (Å²) < 4.78 is 6.94. The molecule has 1 fully saturated rings. The third kappa shape index (κ3) is 3.31. The van der Waals surface area contributed by atoms with Crippen LogP contribution in [0.4, 0.5) is 0 Å². The molecule has 1 aliphatic heterocycles. The van der Waals surface area contributed by atoms with Crippen molar-refractivity contribution in [2.45, 2.75) is 38.8 Å². The van der Waals surface area contributed by atoms with Gasteiger partial charge in [0.2, 0.25) is 0 Å². The minimum absolute atomic E-state index is 0.406.